The van der Waals surface area contributed by atoms with Gasteiger partial charge in [0.15, 0.2) is 0 Å². The Bertz CT molecular complexity index is 1270. The molecule has 0 aliphatic carbocycles. The van der Waals surface area contributed by atoms with E-state index in [4.69, 9.17) is 4.74 Å². The van der Waals surface area contributed by atoms with Crippen LogP contribution in [-0.2, 0) is 14.8 Å². The second kappa shape index (κ2) is 9.67. The maximum Gasteiger partial charge on any atom is 0.427 e. The minimum absolute atomic E-state index is 0.000513. The third-order valence-corrected chi connectivity index (χ3v) is 8.26. The highest BCUT2D eigenvalue weighted by Gasteiger charge is 2.51. The Morgan fingerprint density at radius 3 is 2.41 bits per heavy atom. The monoisotopic (exact) mass is 545 g/mol. The van der Waals surface area contributed by atoms with Crippen LogP contribution >= 0.6 is 0 Å². The van der Waals surface area contributed by atoms with Crippen LogP contribution in [0.15, 0.2) is 47.4 Å². The largest absolute Gasteiger partial charge is 0.485 e. The van der Waals surface area contributed by atoms with Crippen LogP contribution in [0.25, 0.3) is 0 Å². The number of nitrogens with one attached hydrogen (secondary N) is 1. The number of alkyl halides is 3. The van der Waals surface area contributed by atoms with Gasteiger partial charge in [0, 0.05) is 24.8 Å². The standard InChI is InChI=1S/C24H27F4N3O5S/c1-15-10-11-30(15)13-18-14-31(37(33,34)19-7-4-16(25)5-8-19)20-12-17(6-9-21(20)35-18)29-22(32)36-23(2,3)24(26,27)28/h4-9,12,15,18H,10-11,13-14H2,1-3H3,(H,29,32)/t15?,18-/m0/s1. The lowest BCUT2D eigenvalue weighted by Crippen LogP contribution is -2.54. The Kier molecular flexibility index (Phi) is 7.06. The van der Waals surface area contributed by atoms with Crippen molar-refractivity contribution >= 4 is 27.5 Å². The highest BCUT2D eigenvalue weighted by Crippen LogP contribution is 2.40. The number of rotatable bonds is 6. The molecule has 1 saturated heterocycles. The summed E-state index contributed by atoms with van der Waals surface area (Å²) in [4.78, 5) is 14.2. The molecule has 1 unspecified atom stereocenters. The first-order valence-electron chi connectivity index (χ1n) is 11.6. The molecule has 202 valence electrons. The van der Waals surface area contributed by atoms with Gasteiger partial charge in [-0.3, -0.25) is 14.5 Å². The van der Waals surface area contributed by atoms with E-state index in [2.05, 4.69) is 21.9 Å². The normalized spacial score (nSPS) is 20.5. The molecular weight excluding hydrogens is 518 g/mol. The Hall–Kier alpha value is -3.06. The van der Waals surface area contributed by atoms with Gasteiger partial charge in [0.2, 0.25) is 5.60 Å². The Balaban J connectivity index is 1.64. The average Bonchev–Trinajstić information content (AvgIpc) is 2.80. The van der Waals surface area contributed by atoms with Crippen LogP contribution < -0.4 is 14.4 Å². The van der Waals surface area contributed by atoms with Gasteiger partial charge >= 0.3 is 12.3 Å². The van der Waals surface area contributed by atoms with Gasteiger partial charge in [-0.1, -0.05) is 0 Å². The van der Waals surface area contributed by atoms with E-state index in [0.717, 1.165) is 41.5 Å². The van der Waals surface area contributed by atoms with Gasteiger partial charge in [0.05, 0.1) is 17.1 Å². The average molecular weight is 546 g/mol. The van der Waals surface area contributed by atoms with Crippen molar-refractivity contribution in [3.05, 3.63) is 48.3 Å². The third-order valence-electron chi connectivity index (χ3n) is 6.46. The molecule has 37 heavy (non-hydrogen) atoms. The second-order valence-corrected chi connectivity index (χ2v) is 11.4. The van der Waals surface area contributed by atoms with Gasteiger partial charge in [-0.2, -0.15) is 13.2 Å². The summed E-state index contributed by atoms with van der Waals surface area (Å²) in [7, 11) is -4.18. The molecule has 0 aromatic heterocycles. The van der Waals surface area contributed by atoms with Crippen molar-refractivity contribution in [1.29, 1.82) is 0 Å². The lowest BCUT2D eigenvalue weighted by Gasteiger charge is -2.43. The number of ether oxygens (including phenoxy) is 2. The summed E-state index contributed by atoms with van der Waals surface area (Å²) in [5, 5.41) is 2.21. The Morgan fingerprint density at radius 2 is 1.84 bits per heavy atom. The fourth-order valence-electron chi connectivity index (χ4n) is 3.98. The van der Waals surface area contributed by atoms with Gasteiger partial charge < -0.3 is 9.47 Å². The van der Waals surface area contributed by atoms with Crippen molar-refractivity contribution in [2.75, 3.05) is 29.3 Å². The topological polar surface area (TPSA) is 88.2 Å². The van der Waals surface area contributed by atoms with Crippen molar-refractivity contribution < 1.29 is 40.2 Å². The lowest BCUT2D eigenvalue weighted by atomic mass is 10.0. The van der Waals surface area contributed by atoms with E-state index in [-0.39, 0.29) is 28.6 Å². The number of amides is 1. The minimum atomic E-state index is -4.79. The van der Waals surface area contributed by atoms with E-state index in [1.54, 1.807) is 0 Å². The lowest BCUT2D eigenvalue weighted by molar-refractivity contribution is -0.242. The molecule has 2 aliphatic heterocycles. The van der Waals surface area contributed by atoms with E-state index in [1.165, 1.54) is 18.2 Å². The predicted molar refractivity (Wildman–Crippen MR) is 128 cm³/mol. The van der Waals surface area contributed by atoms with Crippen molar-refractivity contribution in [1.82, 2.24) is 4.90 Å². The first kappa shape index (κ1) is 27.0. The molecule has 1 N–H and O–H groups in total. The van der Waals surface area contributed by atoms with Gasteiger partial charge in [-0.15, -0.1) is 0 Å². The van der Waals surface area contributed by atoms with Gasteiger partial charge in [0.25, 0.3) is 10.0 Å². The number of halogens is 4. The fraction of sp³-hybridized carbons (Fsp3) is 0.458. The second-order valence-electron chi connectivity index (χ2n) is 9.57. The molecule has 13 heteroatoms. The number of anilines is 2. The number of hydrogen-bond acceptors (Lipinski definition) is 6. The van der Waals surface area contributed by atoms with E-state index in [1.807, 2.05) is 0 Å². The summed E-state index contributed by atoms with van der Waals surface area (Å²) in [6.07, 6.45) is -5.65. The molecule has 2 atom stereocenters. The zero-order valence-corrected chi connectivity index (χ0v) is 21.2. The van der Waals surface area contributed by atoms with Gasteiger partial charge in [-0.05, 0) is 69.7 Å². The molecule has 0 radical (unpaired) electrons. The number of nitrogens with zero attached hydrogens (tertiary/aromatic N) is 2. The summed E-state index contributed by atoms with van der Waals surface area (Å²) in [6.45, 7) is 4.76. The van der Waals surface area contributed by atoms with E-state index < -0.39 is 39.8 Å². The summed E-state index contributed by atoms with van der Waals surface area (Å²) in [5.74, 6) is -0.387. The zero-order valence-electron chi connectivity index (χ0n) is 20.4. The molecule has 0 spiro atoms. The van der Waals surface area contributed by atoms with Gasteiger partial charge in [-0.25, -0.2) is 17.6 Å². The maximum absolute atomic E-state index is 13.6. The number of carbonyl (C=O) groups is 1. The molecule has 8 nitrogen and oxygen atoms in total. The van der Waals surface area contributed by atoms with Crippen LogP contribution in [0.1, 0.15) is 27.2 Å². The zero-order chi connectivity index (χ0) is 27.2. The number of carbonyl (C=O) groups excluding carboxylic acids is 1. The van der Waals surface area contributed by atoms with Crippen molar-refractivity contribution in [2.24, 2.45) is 0 Å². The van der Waals surface area contributed by atoms with E-state index >= 15 is 0 Å². The number of likely N-dealkylation sites (tertiary alicyclic amines) is 1. The fourth-order valence-corrected chi connectivity index (χ4v) is 5.48. The Labute approximate surface area is 212 Å². The molecule has 2 aromatic carbocycles. The number of hydrogen-bond donors (Lipinski definition) is 1. The van der Waals surface area contributed by atoms with Crippen LogP contribution in [0, 0.1) is 5.82 Å². The number of benzene rings is 2. The molecule has 0 bridgehead atoms. The Morgan fingerprint density at radius 1 is 1.16 bits per heavy atom. The van der Waals surface area contributed by atoms with Gasteiger partial charge in [0.1, 0.15) is 17.7 Å². The quantitative estimate of drug-likeness (QED) is 0.527. The molecule has 2 aliphatic rings. The molecule has 1 fully saturated rings. The molecule has 2 aromatic rings. The van der Waals surface area contributed by atoms with Crippen LogP contribution in [0.5, 0.6) is 5.75 Å². The molecule has 4 rings (SSSR count). The number of sulfonamides is 1. The highest BCUT2D eigenvalue weighted by atomic mass is 32.2. The SMILES string of the molecule is CC1CCN1C[C@H]1CN(S(=O)(=O)c2ccc(F)cc2)c2cc(NC(=O)OC(C)(C)C(F)(F)F)ccc2O1. The number of fused-ring (bicyclic) bond motifs is 1. The van der Waals surface area contributed by atoms with Crippen molar-refractivity contribution in [3.63, 3.8) is 0 Å². The summed E-state index contributed by atoms with van der Waals surface area (Å²) in [6, 6.07) is 8.77. The molecule has 0 saturated carbocycles. The predicted octanol–water partition coefficient (Wildman–Crippen LogP) is 4.77. The van der Waals surface area contributed by atoms with Crippen molar-refractivity contribution in [3.8, 4) is 5.75 Å². The van der Waals surface area contributed by atoms with Crippen molar-refractivity contribution in [2.45, 2.75) is 56.0 Å². The van der Waals surface area contributed by atoms with E-state index in [9.17, 15) is 30.8 Å². The summed E-state index contributed by atoms with van der Waals surface area (Å²) >= 11 is 0. The van der Waals surface area contributed by atoms with Crippen LogP contribution in [-0.4, -0.2) is 63.0 Å². The van der Waals surface area contributed by atoms with Crippen LogP contribution in [0.4, 0.5) is 33.7 Å². The summed E-state index contributed by atoms with van der Waals surface area (Å²) < 4.78 is 91.5. The highest BCUT2D eigenvalue weighted by molar-refractivity contribution is 7.92. The third kappa shape index (κ3) is 5.61. The van der Waals surface area contributed by atoms with Crippen LogP contribution in [0.2, 0.25) is 0 Å². The van der Waals surface area contributed by atoms with Crippen LogP contribution in [0.3, 0.4) is 0 Å². The maximum atomic E-state index is 13.6. The van der Waals surface area contributed by atoms with E-state index in [0.29, 0.717) is 26.4 Å². The summed E-state index contributed by atoms with van der Waals surface area (Å²) in [5.41, 5.74) is -2.67. The first-order valence-corrected chi connectivity index (χ1v) is 13.0. The smallest absolute Gasteiger partial charge is 0.427 e. The molecule has 2 heterocycles. The minimum Gasteiger partial charge on any atom is -0.485 e. The first-order chi connectivity index (χ1) is 17.2. The molecular formula is C24H27F4N3O5S. The molecule has 1 amide bonds.